The van der Waals surface area contributed by atoms with Gasteiger partial charge in [-0.1, -0.05) is 6.07 Å². The zero-order valence-corrected chi connectivity index (χ0v) is 15.7. The minimum Gasteiger partial charge on any atom is -0.338 e. The molecule has 1 spiro atoms. The van der Waals surface area contributed by atoms with Crippen molar-refractivity contribution in [2.75, 3.05) is 19.6 Å². The third-order valence-corrected chi connectivity index (χ3v) is 6.22. The molecule has 0 aliphatic carbocycles. The first kappa shape index (κ1) is 17.1. The minimum absolute atomic E-state index is 0.00800. The van der Waals surface area contributed by atoms with Gasteiger partial charge in [-0.15, -0.1) is 11.3 Å². The maximum absolute atomic E-state index is 12.6. The van der Waals surface area contributed by atoms with Crippen LogP contribution in [0.3, 0.4) is 0 Å². The predicted molar refractivity (Wildman–Crippen MR) is 98.7 cm³/mol. The molecule has 6 nitrogen and oxygen atoms in total. The van der Waals surface area contributed by atoms with Crippen LogP contribution in [0.2, 0.25) is 0 Å². The molecule has 7 heteroatoms. The van der Waals surface area contributed by atoms with E-state index in [1.54, 1.807) is 6.20 Å². The van der Waals surface area contributed by atoms with Crippen LogP contribution < -0.4 is 0 Å². The molecule has 26 heavy (non-hydrogen) atoms. The Bertz CT molecular complexity index is 812. The van der Waals surface area contributed by atoms with Crippen molar-refractivity contribution in [3.05, 3.63) is 46.2 Å². The lowest BCUT2D eigenvalue weighted by atomic mass is 9.77. The molecule has 0 N–H and O–H groups in total. The summed E-state index contributed by atoms with van der Waals surface area (Å²) in [6.45, 7) is 4.70. The van der Waals surface area contributed by atoms with Crippen molar-refractivity contribution in [3.8, 4) is 0 Å². The Labute approximate surface area is 156 Å². The van der Waals surface area contributed by atoms with Crippen LogP contribution in [0.5, 0.6) is 0 Å². The SMILES string of the molecule is Cc1nc(C(=O)N2CCC3(CC2)CC(=O)N(Cc2cccnc2)C3)cs1. The third kappa shape index (κ3) is 3.35. The van der Waals surface area contributed by atoms with Gasteiger partial charge in [-0.3, -0.25) is 14.6 Å². The molecule has 4 heterocycles. The fourth-order valence-corrected chi connectivity index (χ4v) is 4.57. The minimum atomic E-state index is 0.00800. The number of thiazole rings is 1. The van der Waals surface area contributed by atoms with Gasteiger partial charge in [-0.25, -0.2) is 4.98 Å². The van der Waals surface area contributed by atoms with E-state index in [0.29, 0.717) is 31.7 Å². The molecule has 0 saturated carbocycles. The molecule has 2 aliphatic heterocycles. The van der Waals surface area contributed by atoms with Gasteiger partial charge in [-0.2, -0.15) is 0 Å². The van der Waals surface area contributed by atoms with Crippen molar-refractivity contribution in [1.82, 2.24) is 19.8 Å². The summed E-state index contributed by atoms with van der Waals surface area (Å²) < 4.78 is 0. The van der Waals surface area contributed by atoms with Gasteiger partial charge in [0.2, 0.25) is 5.91 Å². The number of hydrogen-bond acceptors (Lipinski definition) is 5. The summed E-state index contributed by atoms with van der Waals surface area (Å²) in [6.07, 6.45) is 5.89. The monoisotopic (exact) mass is 370 g/mol. The average Bonchev–Trinajstić information content (AvgIpc) is 3.20. The van der Waals surface area contributed by atoms with E-state index < -0.39 is 0 Å². The van der Waals surface area contributed by atoms with Crippen LogP contribution in [-0.2, 0) is 11.3 Å². The van der Waals surface area contributed by atoms with Gasteiger partial charge in [-0.05, 0) is 31.4 Å². The number of piperidine rings is 1. The van der Waals surface area contributed by atoms with Gasteiger partial charge in [0.25, 0.3) is 5.91 Å². The zero-order valence-electron chi connectivity index (χ0n) is 14.9. The third-order valence-electron chi connectivity index (χ3n) is 5.45. The first-order valence-electron chi connectivity index (χ1n) is 8.93. The van der Waals surface area contributed by atoms with Gasteiger partial charge in [0, 0.05) is 55.8 Å². The van der Waals surface area contributed by atoms with Gasteiger partial charge in [0.05, 0.1) is 5.01 Å². The molecule has 0 bridgehead atoms. The molecule has 2 amide bonds. The first-order chi connectivity index (χ1) is 12.5. The summed E-state index contributed by atoms with van der Waals surface area (Å²) >= 11 is 1.50. The van der Waals surface area contributed by atoms with E-state index in [2.05, 4.69) is 9.97 Å². The molecule has 2 fully saturated rings. The Morgan fingerprint density at radius 1 is 1.35 bits per heavy atom. The molecule has 2 aromatic heterocycles. The van der Waals surface area contributed by atoms with Gasteiger partial charge in [0.1, 0.15) is 5.69 Å². The number of pyridine rings is 1. The van der Waals surface area contributed by atoms with E-state index in [9.17, 15) is 9.59 Å². The largest absolute Gasteiger partial charge is 0.338 e. The van der Waals surface area contributed by atoms with Crippen LogP contribution in [0, 0.1) is 12.3 Å². The molecule has 2 aromatic rings. The maximum atomic E-state index is 12.6. The average molecular weight is 370 g/mol. The van der Waals surface area contributed by atoms with Crippen molar-refractivity contribution in [2.45, 2.75) is 32.7 Å². The lowest BCUT2D eigenvalue weighted by Crippen LogP contribution is -2.44. The highest BCUT2D eigenvalue weighted by molar-refractivity contribution is 7.09. The number of hydrogen-bond donors (Lipinski definition) is 0. The van der Waals surface area contributed by atoms with E-state index in [0.717, 1.165) is 30.0 Å². The van der Waals surface area contributed by atoms with Crippen molar-refractivity contribution in [2.24, 2.45) is 5.41 Å². The molecular weight excluding hydrogens is 348 g/mol. The van der Waals surface area contributed by atoms with Gasteiger partial charge >= 0.3 is 0 Å². The van der Waals surface area contributed by atoms with E-state index in [1.807, 2.05) is 40.4 Å². The van der Waals surface area contributed by atoms with E-state index in [4.69, 9.17) is 0 Å². The quantitative estimate of drug-likeness (QED) is 0.833. The molecule has 136 valence electrons. The fraction of sp³-hybridized carbons (Fsp3) is 0.474. The van der Waals surface area contributed by atoms with E-state index in [-0.39, 0.29) is 17.2 Å². The van der Waals surface area contributed by atoms with Crippen LogP contribution in [0.1, 0.15) is 40.3 Å². The second kappa shape index (κ2) is 6.79. The van der Waals surface area contributed by atoms with Gasteiger partial charge < -0.3 is 9.80 Å². The van der Waals surface area contributed by atoms with Crippen LogP contribution in [0.25, 0.3) is 0 Å². The number of likely N-dealkylation sites (tertiary alicyclic amines) is 2. The molecule has 0 unspecified atom stereocenters. The Hall–Kier alpha value is -2.28. The Kier molecular flexibility index (Phi) is 4.48. The smallest absolute Gasteiger partial charge is 0.273 e. The van der Waals surface area contributed by atoms with E-state index in [1.165, 1.54) is 11.3 Å². The number of nitrogens with zero attached hydrogens (tertiary/aromatic N) is 4. The van der Waals surface area contributed by atoms with Crippen molar-refractivity contribution < 1.29 is 9.59 Å². The Morgan fingerprint density at radius 3 is 2.81 bits per heavy atom. The highest BCUT2D eigenvalue weighted by Gasteiger charge is 2.45. The second-order valence-electron chi connectivity index (χ2n) is 7.33. The summed E-state index contributed by atoms with van der Waals surface area (Å²) in [4.78, 5) is 37.3. The number of amides is 2. The summed E-state index contributed by atoms with van der Waals surface area (Å²) in [7, 11) is 0. The highest BCUT2D eigenvalue weighted by atomic mass is 32.1. The normalized spacial score (nSPS) is 19.3. The lowest BCUT2D eigenvalue weighted by Gasteiger charge is -2.38. The Balaban J connectivity index is 1.38. The van der Waals surface area contributed by atoms with Crippen LogP contribution in [0.4, 0.5) is 0 Å². The summed E-state index contributed by atoms with van der Waals surface area (Å²) in [6, 6.07) is 3.90. The molecule has 2 aliphatic rings. The van der Waals surface area contributed by atoms with Crippen LogP contribution in [-0.4, -0.2) is 51.2 Å². The standard InChI is InChI=1S/C19H22N4O2S/c1-14-21-16(12-26-14)18(25)22-7-4-19(5-8-22)9-17(24)23(13-19)11-15-3-2-6-20-10-15/h2-3,6,10,12H,4-5,7-9,11,13H2,1H3. The van der Waals surface area contributed by atoms with Crippen molar-refractivity contribution in [1.29, 1.82) is 0 Å². The number of carbonyl (C=O) groups excluding carboxylic acids is 2. The first-order valence-corrected chi connectivity index (χ1v) is 9.81. The number of carbonyl (C=O) groups is 2. The molecule has 2 saturated heterocycles. The Morgan fingerprint density at radius 2 is 2.15 bits per heavy atom. The van der Waals surface area contributed by atoms with Gasteiger partial charge in [0.15, 0.2) is 0 Å². The number of rotatable bonds is 3. The van der Waals surface area contributed by atoms with E-state index >= 15 is 0 Å². The molecule has 0 aromatic carbocycles. The molecule has 4 rings (SSSR count). The second-order valence-corrected chi connectivity index (χ2v) is 8.39. The number of aromatic nitrogens is 2. The summed E-state index contributed by atoms with van der Waals surface area (Å²) in [5, 5.41) is 2.74. The molecular formula is C19H22N4O2S. The summed E-state index contributed by atoms with van der Waals surface area (Å²) in [5.74, 6) is 0.226. The highest BCUT2D eigenvalue weighted by Crippen LogP contribution is 2.41. The van der Waals surface area contributed by atoms with Crippen LogP contribution in [0.15, 0.2) is 29.9 Å². The lowest BCUT2D eigenvalue weighted by molar-refractivity contribution is -0.128. The predicted octanol–water partition coefficient (Wildman–Crippen LogP) is 2.50. The zero-order chi connectivity index (χ0) is 18.1. The summed E-state index contributed by atoms with van der Waals surface area (Å²) in [5.41, 5.74) is 1.61. The fourth-order valence-electron chi connectivity index (χ4n) is 3.98. The van der Waals surface area contributed by atoms with Crippen LogP contribution >= 0.6 is 11.3 Å². The topological polar surface area (TPSA) is 66.4 Å². The van der Waals surface area contributed by atoms with Crippen molar-refractivity contribution >= 4 is 23.2 Å². The van der Waals surface area contributed by atoms with Crippen molar-refractivity contribution in [3.63, 3.8) is 0 Å². The molecule has 0 atom stereocenters. The maximum Gasteiger partial charge on any atom is 0.273 e. The molecule has 0 radical (unpaired) electrons. The number of aryl methyl sites for hydroxylation is 1.